The van der Waals surface area contributed by atoms with Crippen molar-refractivity contribution in [1.82, 2.24) is 5.32 Å². The minimum absolute atomic E-state index is 0.0820. The van der Waals surface area contributed by atoms with Crippen LogP contribution in [0.5, 0.6) is 0 Å². The monoisotopic (exact) mass is 489 g/mol. The number of aliphatic hydroxyl groups excluding tert-OH is 1. The summed E-state index contributed by atoms with van der Waals surface area (Å²) >= 11 is 0. The molecule has 1 amide bonds. The maximum atomic E-state index is 14.2. The molecule has 1 unspecified atom stereocenters. The van der Waals surface area contributed by atoms with E-state index in [1.54, 1.807) is 12.3 Å². The summed E-state index contributed by atoms with van der Waals surface area (Å²) in [6, 6.07) is 21.4. The number of hydrogen-bond donors (Lipinski definition) is 2. The molecule has 0 aromatic heterocycles. The van der Waals surface area contributed by atoms with Crippen molar-refractivity contribution < 1.29 is 18.5 Å². The molecule has 0 fully saturated rings. The number of nitrogens with one attached hydrogen (secondary N) is 1. The molecule has 0 saturated heterocycles. The number of amides is 1. The predicted molar refractivity (Wildman–Crippen MR) is 139 cm³/mol. The van der Waals surface area contributed by atoms with Gasteiger partial charge in [0.25, 0.3) is 0 Å². The third kappa shape index (κ3) is 5.84. The van der Waals surface area contributed by atoms with E-state index in [4.69, 9.17) is 0 Å². The quantitative estimate of drug-likeness (QED) is 0.468. The number of carbonyl (C=O) groups is 1. The van der Waals surface area contributed by atoms with Crippen molar-refractivity contribution in [3.63, 3.8) is 0 Å². The van der Waals surface area contributed by atoms with Crippen LogP contribution >= 0.6 is 0 Å². The van der Waals surface area contributed by atoms with Crippen LogP contribution in [-0.2, 0) is 22.0 Å². The Morgan fingerprint density at radius 3 is 2.43 bits per heavy atom. The lowest BCUT2D eigenvalue weighted by Crippen LogP contribution is -2.39. The molecule has 1 aliphatic carbocycles. The van der Waals surface area contributed by atoms with Gasteiger partial charge in [-0.15, -0.1) is 0 Å². The van der Waals surface area contributed by atoms with Crippen molar-refractivity contribution in [3.8, 4) is 0 Å². The van der Waals surface area contributed by atoms with Crippen LogP contribution in [-0.4, -0.2) is 34.1 Å². The average Bonchev–Trinajstić information content (AvgIpc) is 3.09. The Morgan fingerprint density at radius 2 is 1.77 bits per heavy atom. The van der Waals surface area contributed by atoms with Gasteiger partial charge in [-0.1, -0.05) is 48.5 Å². The molecule has 4 nitrogen and oxygen atoms in total. The van der Waals surface area contributed by atoms with Crippen molar-refractivity contribution in [2.75, 3.05) is 12.9 Å². The van der Waals surface area contributed by atoms with Crippen LogP contribution in [0.2, 0.25) is 0 Å². The summed E-state index contributed by atoms with van der Waals surface area (Å²) in [5.74, 6) is -0.580. The fraction of sp³-hybridized carbons (Fsp3) is 0.207. The number of carbonyl (C=O) groups excluding carboxylic acids is 1. The standard InChI is InChI=1S/C29H28FNO3S/c1-19-26(15-21-8-11-24(12-9-21)35(2)34)25-13-10-22(30)16-28(25)27(19)17-29(33)31-23(18-32)14-20-6-4-3-5-7-20/h3-13,15-16,23,32H,14,17-18H2,1-2H3,(H,31,33)/b26-15+/t23-,35?/m1/s1. The normalized spacial score (nSPS) is 15.7. The molecule has 0 spiro atoms. The van der Waals surface area contributed by atoms with E-state index in [9.17, 15) is 18.5 Å². The van der Waals surface area contributed by atoms with Crippen molar-refractivity contribution in [1.29, 1.82) is 0 Å². The van der Waals surface area contributed by atoms with Gasteiger partial charge in [0.1, 0.15) is 5.82 Å². The SMILES string of the molecule is CC1=C(CC(=O)N[C@@H](CO)Cc2ccccc2)c2cc(F)ccc2/C1=C/c1ccc(S(C)=O)cc1. The van der Waals surface area contributed by atoms with Gasteiger partial charge in [-0.25, -0.2) is 4.39 Å². The molecule has 0 bridgehead atoms. The van der Waals surface area contributed by atoms with Crippen molar-refractivity contribution >= 4 is 33.9 Å². The minimum atomic E-state index is -1.05. The summed E-state index contributed by atoms with van der Waals surface area (Å²) in [6.45, 7) is 1.77. The van der Waals surface area contributed by atoms with E-state index in [0.717, 1.165) is 38.3 Å². The molecule has 1 aliphatic rings. The second kappa shape index (κ2) is 10.9. The molecule has 0 heterocycles. The van der Waals surface area contributed by atoms with Crippen LogP contribution in [0.3, 0.4) is 0 Å². The van der Waals surface area contributed by atoms with Gasteiger partial charge in [0.2, 0.25) is 5.91 Å². The smallest absolute Gasteiger partial charge is 0.224 e. The van der Waals surface area contributed by atoms with Gasteiger partial charge in [-0.2, -0.15) is 0 Å². The summed E-state index contributed by atoms with van der Waals surface area (Å²) in [7, 11) is -1.05. The molecule has 0 aliphatic heterocycles. The lowest BCUT2D eigenvalue weighted by Gasteiger charge is -2.17. The first-order valence-electron chi connectivity index (χ1n) is 11.5. The van der Waals surface area contributed by atoms with Crippen LogP contribution in [0, 0.1) is 5.82 Å². The van der Waals surface area contributed by atoms with Gasteiger partial charge >= 0.3 is 0 Å². The highest BCUT2D eigenvalue weighted by molar-refractivity contribution is 7.84. The Bertz CT molecular complexity index is 1310. The van der Waals surface area contributed by atoms with Gasteiger partial charge in [0, 0.05) is 22.0 Å². The van der Waals surface area contributed by atoms with Gasteiger partial charge in [0.15, 0.2) is 0 Å². The number of hydrogen-bond acceptors (Lipinski definition) is 3. The van der Waals surface area contributed by atoms with E-state index in [-0.39, 0.29) is 24.8 Å². The number of allylic oxidation sites excluding steroid dienone is 2. The zero-order chi connectivity index (χ0) is 24.9. The van der Waals surface area contributed by atoms with E-state index in [1.165, 1.54) is 12.1 Å². The van der Waals surface area contributed by atoms with Gasteiger partial charge < -0.3 is 10.4 Å². The molecule has 2 atom stereocenters. The van der Waals surface area contributed by atoms with E-state index in [1.807, 2.05) is 67.6 Å². The Kier molecular flexibility index (Phi) is 7.73. The Morgan fingerprint density at radius 1 is 1.06 bits per heavy atom. The molecule has 4 rings (SSSR count). The van der Waals surface area contributed by atoms with Gasteiger partial charge in [-0.3, -0.25) is 9.00 Å². The number of fused-ring (bicyclic) bond motifs is 1. The summed E-state index contributed by atoms with van der Waals surface area (Å²) < 4.78 is 25.9. The molecule has 0 radical (unpaired) electrons. The molecular weight excluding hydrogens is 461 g/mol. The molecule has 2 N–H and O–H groups in total. The molecule has 35 heavy (non-hydrogen) atoms. The Balaban J connectivity index is 1.59. The summed E-state index contributed by atoms with van der Waals surface area (Å²) in [5, 5.41) is 12.7. The zero-order valence-corrected chi connectivity index (χ0v) is 20.6. The summed E-state index contributed by atoms with van der Waals surface area (Å²) in [6.07, 6.45) is 4.25. The maximum Gasteiger partial charge on any atom is 0.224 e. The molecular formula is C29H28FNO3S. The van der Waals surface area contributed by atoms with Crippen molar-refractivity contribution in [2.24, 2.45) is 0 Å². The van der Waals surface area contributed by atoms with E-state index < -0.39 is 16.8 Å². The first-order valence-corrected chi connectivity index (χ1v) is 13.0. The van der Waals surface area contributed by atoms with Crippen LogP contribution < -0.4 is 5.32 Å². The topological polar surface area (TPSA) is 66.4 Å². The van der Waals surface area contributed by atoms with Gasteiger partial charge in [0.05, 0.1) is 19.1 Å². The Hall–Kier alpha value is -3.35. The first kappa shape index (κ1) is 24.8. The third-order valence-corrected chi connectivity index (χ3v) is 7.16. The molecule has 180 valence electrons. The highest BCUT2D eigenvalue weighted by Gasteiger charge is 2.26. The van der Waals surface area contributed by atoms with Gasteiger partial charge in [-0.05, 0) is 82.7 Å². The highest BCUT2D eigenvalue weighted by atomic mass is 32.2. The number of rotatable bonds is 8. The summed E-state index contributed by atoms with van der Waals surface area (Å²) in [5.41, 5.74) is 6.14. The van der Waals surface area contributed by atoms with Crippen molar-refractivity contribution in [3.05, 3.63) is 106 Å². The zero-order valence-electron chi connectivity index (χ0n) is 19.8. The average molecular weight is 490 g/mol. The van der Waals surface area contributed by atoms with Crippen molar-refractivity contribution in [2.45, 2.75) is 30.7 Å². The lowest BCUT2D eigenvalue weighted by molar-refractivity contribution is -0.121. The lowest BCUT2D eigenvalue weighted by atomic mass is 10.0. The third-order valence-electron chi connectivity index (χ3n) is 6.22. The Labute approximate surface area is 207 Å². The molecule has 0 saturated carbocycles. The first-order chi connectivity index (χ1) is 16.9. The van der Waals surface area contributed by atoms with E-state index in [0.29, 0.717) is 12.0 Å². The van der Waals surface area contributed by atoms with Crippen LogP contribution in [0.4, 0.5) is 4.39 Å². The van der Waals surface area contributed by atoms with E-state index >= 15 is 0 Å². The molecule has 6 heteroatoms. The predicted octanol–water partition coefficient (Wildman–Crippen LogP) is 5.00. The number of aliphatic hydroxyl groups is 1. The van der Waals surface area contributed by atoms with E-state index in [2.05, 4.69) is 5.32 Å². The molecule has 3 aromatic carbocycles. The second-order valence-electron chi connectivity index (χ2n) is 8.69. The summed E-state index contributed by atoms with van der Waals surface area (Å²) in [4.78, 5) is 13.7. The van der Waals surface area contributed by atoms with Crippen LogP contribution in [0.15, 0.2) is 83.3 Å². The largest absolute Gasteiger partial charge is 0.394 e. The fourth-order valence-corrected chi connectivity index (χ4v) is 4.92. The maximum absolute atomic E-state index is 14.2. The number of benzene rings is 3. The highest BCUT2D eigenvalue weighted by Crippen LogP contribution is 2.43. The molecule has 3 aromatic rings. The van der Waals surface area contributed by atoms with Crippen LogP contribution in [0.1, 0.15) is 35.6 Å². The fourth-order valence-electron chi connectivity index (χ4n) is 4.40. The number of halogens is 1. The van der Waals surface area contributed by atoms with Crippen LogP contribution in [0.25, 0.3) is 17.2 Å². The minimum Gasteiger partial charge on any atom is -0.394 e. The second-order valence-corrected chi connectivity index (χ2v) is 10.1.